The summed E-state index contributed by atoms with van der Waals surface area (Å²) in [4.78, 5) is 0. The molecule has 17 heavy (non-hydrogen) atoms. The topological polar surface area (TPSA) is 33.1 Å². The Labute approximate surface area is 101 Å². The van der Waals surface area contributed by atoms with Gasteiger partial charge in [-0.15, -0.1) is 0 Å². The van der Waals surface area contributed by atoms with Crippen molar-refractivity contribution in [1.82, 2.24) is 0 Å². The van der Waals surface area contributed by atoms with E-state index in [9.17, 15) is 0 Å². The number of hydrogen-bond acceptors (Lipinski definition) is 2. The average molecular weight is 225 g/mol. The van der Waals surface area contributed by atoms with Crippen LogP contribution in [0, 0.1) is 5.41 Å². The summed E-state index contributed by atoms with van der Waals surface area (Å²) in [5.41, 5.74) is 2.54. The normalized spacial score (nSPS) is 9.94. The van der Waals surface area contributed by atoms with Crippen LogP contribution in [-0.4, -0.2) is 5.90 Å². The van der Waals surface area contributed by atoms with Gasteiger partial charge in [-0.2, -0.15) is 0 Å². The molecule has 2 aromatic carbocycles. The number of benzene rings is 2. The van der Waals surface area contributed by atoms with Crippen LogP contribution >= 0.6 is 0 Å². The van der Waals surface area contributed by atoms with E-state index in [1.165, 1.54) is 11.1 Å². The first-order valence-electron chi connectivity index (χ1n) is 5.60. The zero-order valence-electron chi connectivity index (χ0n) is 9.81. The Hall–Kier alpha value is -2.09. The minimum Gasteiger partial charge on any atom is -0.444 e. The fourth-order valence-corrected chi connectivity index (χ4v) is 1.68. The van der Waals surface area contributed by atoms with Gasteiger partial charge in [-0.3, -0.25) is 5.41 Å². The molecule has 0 heterocycles. The van der Waals surface area contributed by atoms with E-state index in [0.717, 1.165) is 6.42 Å². The van der Waals surface area contributed by atoms with Gasteiger partial charge in [0.1, 0.15) is 5.75 Å². The van der Waals surface area contributed by atoms with Gasteiger partial charge in [-0.05, 0) is 29.7 Å². The molecule has 1 N–H and O–H groups in total. The van der Waals surface area contributed by atoms with Gasteiger partial charge in [0, 0.05) is 6.92 Å². The Morgan fingerprint density at radius 2 is 1.53 bits per heavy atom. The molecule has 0 saturated heterocycles. The molecular formula is C15H15NO. The maximum atomic E-state index is 7.24. The summed E-state index contributed by atoms with van der Waals surface area (Å²) >= 11 is 0. The first-order valence-corrected chi connectivity index (χ1v) is 5.60. The molecule has 2 rings (SSSR count). The van der Waals surface area contributed by atoms with Crippen LogP contribution in [0.15, 0.2) is 54.6 Å². The molecule has 0 spiro atoms. The Balaban J connectivity index is 2.06. The first kappa shape index (κ1) is 11.4. The summed E-state index contributed by atoms with van der Waals surface area (Å²) in [7, 11) is 0. The van der Waals surface area contributed by atoms with E-state index in [1.54, 1.807) is 6.92 Å². The standard InChI is InChI=1S/C15H15NO/c1-12(16)17-15-9-7-14(8-10-15)11-13-5-3-2-4-6-13/h2-10,16H,11H2,1H3. The highest BCUT2D eigenvalue weighted by Gasteiger charge is 1.98. The highest BCUT2D eigenvalue weighted by atomic mass is 16.5. The number of hydrogen-bond donors (Lipinski definition) is 1. The van der Waals surface area contributed by atoms with Crippen LogP contribution < -0.4 is 4.74 Å². The summed E-state index contributed by atoms with van der Waals surface area (Å²) in [5, 5.41) is 7.24. The lowest BCUT2D eigenvalue weighted by Gasteiger charge is -2.05. The van der Waals surface area contributed by atoms with E-state index in [1.807, 2.05) is 42.5 Å². The Morgan fingerprint density at radius 1 is 0.941 bits per heavy atom. The second-order valence-electron chi connectivity index (χ2n) is 3.96. The highest BCUT2D eigenvalue weighted by molar-refractivity contribution is 5.72. The lowest BCUT2D eigenvalue weighted by Crippen LogP contribution is -2.00. The summed E-state index contributed by atoms with van der Waals surface area (Å²) in [5.74, 6) is 0.926. The molecule has 0 amide bonds. The summed E-state index contributed by atoms with van der Waals surface area (Å²) in [6.45, 7) is 1.62. The minimum atomic E-state index is 0.209. The van der Waals surface area contributed by atoms with Crippen molar-refractivity contribution < 1.29 is 4.74 Å². The molecule has 0 bridgehead atoms. The van der Waals surface area contributed by atoms with E-state index < -0.39 is 0 Å². The maximum Gasteiger partial charge on any atom is 0.184 e. The van der Waals surface area contributed by atoms with Crippen LogP contribution in [0.5, 0.6) is 5.75 Å². The molecule has 0 radical (unpaired) electrons. The van der Waals surface area contributed by atoms with Gasteiger partial charge in [0.25, 0.3) is 0 Å². The van der Waals surface area contributed by atoms with Gasteiger partial charge >= 0.3 is 0 Å². The van der Waals surface area contributed by atoms with Crippen LogP contribution in [-0.2, 0) is 6.42 Å². The molecule has 2 nitrogen and oxygen atoms in total. The Morgan fingerprint density at radius 3 is 2.12 bits per heavy atom. The van der Waals surface area contributed by atoms with E-state index >= 15 is 0 Å². The van der Waals surface area contributed by atoms with Gasteiger partial charge < -0.3 is 4.74 Å². The van der Waals surface area contributed by atoms with Crippen molar-refractivity contribution in [1.29, 1.82) is 5.41 Å². The van der Waals surface area contributed by atoms with E-state index in [0.29, 0.717) is 5.75 Å². The smallest absolute Gasteiger partial charge is 0.184 e. The van der Waals surface area contributed by atoms with Crippen LogP contribution in [0.1, 0.15) is 18.1 Å². The number of rotatable bonds is 3. The maximum absolute atomic E-state index is 7.24. The van der Waals surface area contributed by atoms with Gasteiger partial charge in [0.2, 0.25) is 0 Å². The summed E-state index contributed by atoms with van der Waals surface area (Å²) < 4.78 is 5.20. The number of nitrogens with one attached hydrogen (secondary N) is 1. The van der Waals surface area contributed by atoms with E-state index in [2.05, 4.69) is 12.1 Å². The van der Waals surface area contributed by atoms with Gasteiger partial charge in [-0.25, -0.2) is 0 Å². The third kappa shape index (κ3) is 3.45. The molecule has 0 aliphatic heterocycles. The van der Waals surface area contributed by atoms with Crippen molar-refractivity contribution in [2.45, 2.75) is 13.3 Å². The predicted molar refractivity (Wildman–Crippen MR) is 69.7 cm³/mol. The fraction of sp³-hybridized carbons (Fsp3) is 0.133. The fourth-order valence-electron chi connectivity index (χ4n) is 1.68. The predicted octanol–water partition coefficient (Wildman–Crippen LogP) is 3.65. The lowest BCUT2D eigenvalue weighted by atomic mass is 10.1. The molecular weight excluding hydrogens is 210 g/mol. The third-order valence-electron chi connectivity index (χ3n) is 2.45. The van der Waals surface area contributed by atoms with Crippen LogP contribution in [0.2, 0.25) is 0 Å². The van der Waals surface area contributed by atoms with E-state index in [-0.39, 0.29) is 5.90 Å². The van der Waals surface area contributed by atoms with Gasteiger partial charge in [-0.1, -0.05) is 42.5 Å². The molecule has 0 saturated carbocycles. The molecule has 0 aliphatic carbocycles. The van der Waals surface area contributed by atoms with Crippen molar-refractivity contribution >= 4 is 5.90 Å². The molecule has 2 heteroatoms. The molecule has 0 aliphatic rings. The molecule has 0 unspecified atom stereocenters. The second kappa shape index (κ2) is 5.30. The van der Waals surface area contributed by atoms with Crippen molar-refractivity contribution in [2.24, 2.45) is 0 Å². The second-order valence-corrected chi connectivity index (χ2v) is 3.96. The third-order valence-corrected chi connectivity index (χ3v) is 2.45. The van der Waals surface area contributed by atoms with Gasteiger partial charge in [0.15, 0.2) is 5.90 Å². The Bertz CT molecular complexity index is 488. The Kier molecular flexibility index (Phi) is 3.55. The zero-order chi connectivity index (χ0) is 12.1. The lowest BCUT2D eigenvalue weighted by molar-refractivity contribution is 0.541. The number of ether oxygens (including phenoxy) is 1. The summed E-state index contributed by atoms with van der Waals surface area (Å²) in [6, 6.07) is 18.2. The van der Waals surface area contributed by atoms with Crippen LogP contribution in [0.4, 0.5) is 0 Å². The van der Waals surface area contributed by atoms with Crippen molar-refractivity contribution in [3.8, 4) is 5.75 Å². The largest absolute Gasteiger partial charge is 0.444 e. The highest BCUT2D eigenvalue weighted by Crippen LogP contribution is 2.15. The van der Waals surface area contributed by atoms with Crippen molar-refractivity contribution in [3.05, 3.63) is 65.7 Å². The van der Waals surface area contributed by atoms with Crippen LogP contribution in [0.25, 0.3) is 0 Å². The zero-order valence-corrected chi connectivity index (χ0v) is 9.81. The minimum absolute atomic E-state index is 0.209. The monoisotopic (exact) mass is 225 g/mol. The van der Waals surface area contributed by atoms with Gasteiger partial charge in [0.05, 0.1) is 0 Å². The molecule has 0 aromatic heterocycles. The quantitative estimate of drug-likeness (QED) is 0.627. The van der Waals surface area contributed by atoms with Crippen LogP contribution in [0.3, 0.4) is 0 Å². The SMILES string of the molecule is CC(=N)Oc1ccc(Cc2ccccc2)cc1. The van der Waals surface area contributed by atoms with E-state index in [4.69, 9.17) is 10.1 Å². The molecule has 0 atom stereocenters. The molecule has 2 aromatic rings. The molecule has 86 valence electrons. The molecule has 0 fully saturated rings. The summed E-state index contributed by atoms with van der Waals surface area (Å²) in [6.07, 6.45) is 0.921. The van der Waals surface area contributed by atoms with Crippen molar-refractivity contribution in [3.63, 3.8) is 0 Å². The first-order chi connectivity index (χ1) is 8.24. The van der Waals surface area contributed by atoms with Crippen molar-refractivity contribution in [2.75, 3.05) is 0 Å². The average Bonchev–Trinajstić information content (AvgIpc) is 2.32.